The number of nitrogens with two attached hydrogens (primary N) is 2. The number of rotatable bonds is 6. The Kier molecular flexibility index (Phi) is 4.61. The number of hydrogen-bond donors (Lipinski definition) is 2. The fourth-order valence-electron chi connectivity index (χ4n) is 1.33. The van der Waals surface area contributed by atoms with Crippen LogP contribution in [0.5, 0.6) is 5.75 Å². The fourth-order valence-corrected chi connectivity index (χ4v) is 1.33. The van der Waals surface area contributed by atoms with Crippen molar-refractivity contribution in [2.24, 2.45) is 11.5 Å². The highest BCUT2D eigenvalue weighted by molar-refractivity contribution is 5.79. The van der Waals surface area contributed by atoms with Gasteiger partial charge in [-0.25, -0.2) is 0 Å². The number of nitro groups is 1. The number of hydrogen-bond acceptors (Lipinski definition) is 5. The lowest BCUT2D eigenvalue weighted by molar-refractivity contribution is -0.385. The predicted molar refractivity (Wildman–Crippen MR) is 65.1 cm³/mol. The van der Waals surface area contributed by atoms with Gasteiger partial charge in [-0.15, -0.1) is 0 Å². The zero-order chi connectivity index (χ0) is 13.7. The Hall–Kier alpha value is -2.15. The molecule has 98 valence electrons. The second kappa shape index (κ2) is 5.97. The molecular formula is C11H15N3O4. The lowest BCUT2D eigenvalue weighted by Gasteiger charge is -2.10. The van der Waals surface area contributed by atoms with Gasteiger partial charge in [0.15, 0.2) is 5.75 Å². The van der Waals surface area contributed by atoms with Crippen molar-refractivity contribution in [2.45, 2.75) is 19.4 Å². The molecular weight excluding hydrogens is 238 g/mol. The second-order valence-corrected chi connectivity index (χ2v) is 3.87. The monoisotopic (exact) mass is 253 g/mol. The molecule has 0 saturated heterocycles. The van der Waals surface area contributed by atoms with Crippen molar-refractivity contribution in [3.05, 3.63) is 33.9 Å². The van der Waals surface area contributed by atoms with Gasteiger partial charge in [-0.05, 0) is 18.6 Å². The summed E-state index contributed by atoms with van der Waals surface area (Å²) < 4.78 is 5.27. The molecule has 1 atom stereocenters. The molecule has 0 fully saturated rings. The highest BCUT2D eigenvalue weighted by atomic mass is 16.6. The minimum absolute atomic E-state index is 0.0917. The number of benzene rings is 1. The van der Waals surface area contributed by atoms with Crippen LogP contribution in [0.2, 0.25) is 0 Å². The van der Waals surface area contributed by atoms with Crippen molar-refractivity contribution in [1.82, 2.24) is 0 Å². The van der Waals surface area contributed by atoms with Crippen LogP contribution in [0.3, 0.4) is 0 Å². The molecule has 7 heteroatoms. The number of amides is 1. The summed E-state index contributed by atoms with van der Waals surface area (Å²) in [6.45, 7) is 1.89. The Morgan fingerprint density at radius 1 is 1.56 bits per heavy atom. The summed E-state index contributed by atoms with van der Waals surface area (Å²) in [5.74, 6) is -0.464. The van der Waals surface area contributed by atoms with Crippen molar-refractivity contribution in [1.29, 1.82) is 0 Å². The summed E-state index contributed by atoms with van der Waals surface area (Å²) >= 11 is 0. The Labute approximate surface area is 104 Å². The Balaban J connectivity index is 2.69. The summed E-state index contributed by atoms with van der Waals surface area (Å²) in [6, 6.07) is 3.75. The number of carbonyl (C=O) groups is 1. The molecule has 0 heterocycles. The maximum atomic E-state index is 10.8. The first-order valence-electron chi connectivity index (χ1n) is 5.34. The van der Waals surface area contributed by atoms with Crippen LogP contribution in [0.1, 0.15) is 12.0 Å². The number of primary amides is 1. The molecule has 0 aliphatic carbocycles. The average molecular weight is 253 g/mol. The van der Waals surface area contributed by atoms with Crippen molar-refractivity contribution in [3.8, 4) is 5.75 Å². The zero-order valence-electron chi connectivity index (χ0n) is 9.96. The van der Waals surface area contributed by atoms with E-state index in [-0.39, 0.29) is 24.5 Å². The van der Waals surface area contributed by atoms with E-state index in [9.17, 15) is 14.9 Å². The maximum Gasteiger partial charge on any atom is 0.310 e. The van der Waals surface area contributed by atoms with Gasteiger partial charge in [0.05, 0.1) is 17.6 Å². The first-order valence-corrected chi connectivity index (χ1v) is 5.34. The van der Waals surface area contributed by atoms with Crippen molar-refractivity contribution in [3.63, 3.8) is 0 Å². The van der Waals surface area contributed by atoms with Crippen LogP contribution in [0.4, 0.5) is 5.69 Å². The Morgan fingerprint density at radius 2 is 2.22 bits per heavy atom. The van der Waals surface area contributed by atoms with Crippen LogP contribution in [0.15, 0.2) is 18.2 Å². The van der Waals surface area contributed by atoms with Crippen LogP contribution in [0.25, 0.3) is 0 Å². The summed E-state index contributed by atoms with van der Waals surface area (Å²) in [6.07, 6.45) is 0.209. The largest absolute Gasteiger partial charge is 0.487 e. The van der Waals surface area contributed by atoms with E-state index < -0.39 is 16.9 Å². The quantitative estimate of drug-likeness (QED) is 0.564. The van der Waals surface area contributed by atoms with Gasteiger partial charge >= 0.3 is 5.69 Å². The van der Waals surface area contributed by atoms with E-state index >= 15 is 0 Å². The van der Waals surface area contributed by atoms with Crippen LogP contribution in [-0.4, -0.2) is 23.5 Å². The number of nitro benzene ring substituents is 1. The molecule has 7 nitrogen and oxygen atoms in total. The van der Waals surface area contributed by atoms with Gasteiger partial charge in [-0.1, -0.05) is 6.07 Å². The number of carbonyl (C=O) groups excluding carboxylic acids is 1. The topological polar surface area (TPSA) is 121 Å². The first-order chi connectivity index (χ1) is 8.41. The van der Waals surface area contributed by atoms with E-state index in [1.807, 2.05) is 0 Å². The van der Waals surface area contributed by atoms with E-state index in [0.717, 1.165) is 5.56 Å². The molecule has 1 aromatic rings. The molecule has 1 unspecified atom stereocenters. The molecule has 0 aliphatic heterocycles. The molecule has 4 N–H and O–H groups in total. The number of ether oxygens (including phenoxy) is 1. The molecule has 0 aliphatic rings. The zero-order valence-corrected chi connectivity index (χ0v) is 9.96. The standard InChI is InChI=1S/C11H15N3O4/c1-7-2-3-9(14(16)17)10(6-7)18-5-4-8(12)11(13)15/h2-3,6,8H,4-5,12H2,1H3,(H2,13,15). The van der Waals surface area contributed by atoms with Gasteiger partial charge < -0.3 is 16.2 Å². The predicted octanol–water partition coefficient (Wildman–Crippen LogP) is 0.485. The SMILES string of the molecule is Cc1ccc([N+](=O)[O-])c(OCCC(N)C(N)=O)c1. The molecule has 0 bridgehead atoms. The molecule has 0 aromatic heterocycles. The second-order valence-electron chi connectivity index (χ2n) is 3.87. The lowest BCUT2D eigenvalue weighted by atomic mass is 10.2. The Bertz CT molecular complexity index is 462. The average Bonchev–Trinajstić information content (AvgIpc) is 2.28. The van der Waals surface area contributed by atoms with Gasteiger partial charge in [-0.3, -0.25) is 14.9 Å². The van der Waals surface area contributed by atoms with Gasteiger partial charge in [-0.2, -0.15) is 0 Å². The van der Waals surface area contributed by atoms with E-state index in [4.69, 9.17) is 16.2 Å². The Morgan fingerprint density at radius 3 is 2.78 bits per heavy atom. The van der Waals surface area contributed by atoms with Gasteiger partial charge in [0, 0.05) is 12.5 Å². The highest BCUT2D eigenvalue weighted by Crippen LogP contribution is 2.27. The van der Waals surface area contributed by atoms with E-state index in [2.05, 4.69) is 0 Å². The van der Waals surface area contributed by atoms with Gasteiger partial charge in [0.25, 0.3) is 0 Å². The number of nitrogens with zero attached hydrogens (tertiary/aromatic N) is 1. The third-order valence-corrected chi connectivity index (χ3v) is 2.36. The molecule has 18 heavy (non-hydrogen) atoms. The molecule has 0 saturated carbocycles. The fraction of sp³-hybridized carbons (Fsp3) is 0.364. The first kappa shape index (κ1) is 13.9. The summed E-state index contributed by atoms with van der Waals surface area (Å²) in [5, 5.41) is 10.8. The van der Waals surface area contributed by atoms with E-state index in [1.54, 1.807) is 19.1 Å². The summed E-state index contributed by atoms with van der Waals surface area (Å²) in [4.78, 5) is 20.9. The van der Waals surface area contributed by atoms with Crippen molar-refractivity contribution < 1.29 is 14.5 Å². The molecule has 1 amide bonds. The lowest BCUT2D eigenvalue weighted by Crippen LogP contribution is -2.37. The summed E-state index contributed by atoms with van der Waals surface area (Å²) in [7, 11) is 0. The van der Waals surface area contributed by atoms with Crippen molar-refractivity contribution in [2.75, 3.05) is 6.61 Å². The normalized spacial score (nSPS) is 11.9. The molecule has 1 aromatic carbocycles. The van der Waals surface area contributed by atoms with Crippen LogP contribution in [0, 0.1) is 17.0 Å². The number of aryl methyl sites for hydroxylation is 1. The van der Waals surface area contributed by atoms with Crippen LogP contribution < -0.4 is 16.2 Å². The van der Waals surface area contributed by atoms with E-state index in [0.29, 0.717) is 0 Å². The van der Waals surface area contributed by atoms with Crippen molar-refractivity contribution >= 4 is 11.6 Å². The van der Waals surface area contributed by atoms with E-state index in [1.165, 1.54) is 6.07 Å². The minimum Gasteiger partial charge on any atom is -0.487 e. The maximum absolute atomic E-state index is 10.8. The molecule has 1 rings (SSSR count). The van der Waals surface area contributed by atoms with Gasteiger partial charge in [0.1, 0.15) is 0 Å². The molecule has 0 radical (unpaired) electrons. The summed E-state index contributed by atoms with van der Waals surface area (Å²) in [5.41, 5.74) is 11.1. The minimum atomic E-state index is -0.811. The van der Waals surface area contributed by atoms with Crippen LogP contribution >= 0.6 is 0 Å². The van der Waals surface area contributed by atoms with Crippen LogP contribution in [-0.2, 0) is 4.79 Å². The molecule has 0 spiro atoms. The third-order valence-electron chi connectivity index (χ3n) is 2.36. The third kappa shape index (κ3) is 3.70. The van der Waals surface area contributed by atoms with Gasteiger partial charge in [0.2, 0.25) is 5.91 Å². The smallest absolute Gasteiger partial charge is 0.310 e. The highest BCUT2D eigenvalue weighted by Gasteiger charge is 2.16.